The summed E-state index contributed by atoms with van der Waals surface area (Å²) in [7, 11) is 0. The van der Waals surface area contributed by atoms with Crippen molar-refractivity contribution < 1.29 is 0 Å². The maximum atomic E-state index is 7.63. The van der Waals surface area contributed by atoms with Crippen LogP contribution in [0.25, 0.3) is 0 Å². The Bertz CT molecular complexity index is 449. The second-order valence-electron chi connectivity index (χ2n) is 6.06. The molecule has 3 rings (SSSR count). The third kappa shape index (κ3) is 3.12. The molecular formula is C16H24N4. The molecule has 0 saturated carbocycles. The van der Waals surface area contributed by atoms with Gasteiger partial charge in [0, 0.05) is 19.6 Å². The fourth-order valence-electron chi connectivity index (χ4n) is 3.27. The lowest BCUT2D eigenvalue weighted by Crippen LogP contribution is -2.52. The lowest BCUT2D eigenvalue weighted by Gasteiger charge is -2.38. The van der Waals surface area contributed by atoms with E-state index in [0.717, 1.165) is 32.5 Å². The number of hydrogen-bond donors (Lipinski definition) is 3. The van der Waals surface area contributed by atoms with Gasteiger partial charge < -0.3 is 15.5 Å². The van der Waals surface area contributed by atoms with Gasteiger partial charge in [-0.2, -0.15) is 0 Å². The number of guanidine groups is 1. The molecule has 4 heteroatoms. The van der Waals surface area contributed by atoms with Gasteiger partial charge >= 0.3 is 0 Å². The summed E-state index contributed by atoms with van der Waals surface area (Å²) in [6.45, 7) is 4.41. The van der Waals surface area contributed by atoms with Crippen molar-refractivity contribution in [2.45, 2.75) is 31.2 Å². The van der Waals surface area contributed by atoms with Crippen molar-refractivity contribution in [3.8, 4) is 0 Å². The van der Waals surface area contributed by atoms with Crippen LogP contribution in [0.3, 0.4) is 0 Å². The number of nitrogens with zero attached hydrogens (tertiary/aromatic N) is 1. The normalized spacial score (nSPS) is 21.7. The molecule has 20 heavy (non-hydrogen) atoms. The minimum absolute atomic E-state index is 0.160. The van der Waals surface area contributed by atoms with Crippen LogP contribution in [0.5, 0.6) is 0 Å². The quantitative estimate of drug-likeness (QED) is 0.780. The lowest BCUT2D eigenvalue weighted by molar-refractivity contribution is 0.158. The Balaban J connectivity index is 1.40. The molecule has 0 unspecified atom stereocenters. The number of rotatable bonds is 4. The molecule has 0 aromatic heterocycles. The van der Waals surface area contributed by atoms with Crippen molar-refractivity contribution in [3.05, 3.63) is 35.9 Å². The van der Waals surface area contributed by atoms with E-state index < -0.39 is 0 Å². The topological polar surface area (TPSA) is 51.2 Å². The van der Waals surface area contributed by atoms with Gasteiger partial charge in [0.1, 0.15) is 0 Å². The Kier molecular flexibility index (Phi) is 3.92. The summed E-state index contributed by atoms with van der Waals surface area (Å²) in [5.41, 5.74) is 1.60. The van der Waals surface area contributed by atoms with E-state index in [1.54, 1.807) is 0 Å². The van der Waals surface area contributed by atoms with Crippen LogP contribution in [0, 0.1) is 5.41 Å². The molecule has 2 saturated heterocycles. The monoisotopic (exact) mass is 272 g/mol. The van der Waals surface area contributed by atoms with Crippen molar-refractivity contribution in [2.24, 2.45) is 0 Å². The number of piperidine rings is 1. The van der Waals surface area contributed by atoms with Gasteiger partial charge in [0.25, 0.3) is 0 Å². The largest absolute Gasteiger partial charge is 0.354 e. The van der Waals surface area contributed by atoms with E-state index in [1.165, 1.54) is 24.9 Å². The average Bonchev–Trinajstić information content (AvgIpc) is 2.84. The highest BCUT2D eigenvalue weighted by atomic mass is 15.3. The highest BCUT2D eigenvalue weighted by Gasteiger charge is 2.38. The lowest BCUT2D eigenvalue weighted by atomic mass is 9.88. The van der Waals surface area contributed by atoms with Crippen LogP contribution in [-0.2, 0) is 6.42 Å². The zero-order chi connectivity index (χ0) is 13.8. The summed E-state index contributed by atoms with van der Waals surface area (Å²) in [5, 5.41) is 14.1. The molecule has 2 heterocycles. The van der Waals surface area contributed by atoms with Crippen molar-refractivity contribution in [2.75, 3.05) is 26.2 Å². The van der Waals surface area contributed by atoms with Crippen LogP contribution < -0.4 is 10.6 Å². The molecule has 1 spiro atoms. The second kappa shape index (κ2) is 5.83. The van der Waals surface area contributed by atoms with Crippen molar-refractivity contribution >= 4 is 5.96 Å². The van der Waals surface area contributed by atoms with Crippen LogP contribution in [0.15, 0.2) is 30.3 Å². The van der Waals surface area contributed by atoms with E-state index in [2.05, 4.69) is 45.9 Å². The third-order valence-electron chi connectivity index (χ3n) is 4.59. The van der Waals surface area contributed by atoms with E-state index >= 15 is 0 Å². The van der Waals surface area contributed by atoms with E-state index in [1.807, 2.05) is 0 Å². The molecule has 2 aliphatic heterocycles. The van der Waals surface area contributed by atoms with Crippen molar-refractivity contribution in [1.82, 2.24) is 15.5 Å². The Morgan fingerprint density at radius 1 is 1.15 bits per heavy atom. The van der Waals surface area contributed by atoms with Crippen LogP contribution in [0.1, 0.15) is 24.8 Å². The molecule has 0 aliphatic carbocycles. The first-order valence-electron chi connectivity index (χ1n) is 7.63. The summed E-state index contributed by atoms with van der Waals surface area (Å²) in [6.07, 6.45) is 4.70. The predicted octanol–water partition coefficient (Wildman–Crippen LogP) is 1.58. The summed E-state index contributed by atoms with van der Waals surface area (Å²) >= 11 is 0. The Morgan fingerprint density at radius 3 is 2.55 bits per heavy atom. The minimum atomic E-state index is 0.160. The Hall–Kier alpha value is -1.55. The molecule has 1 aromatic rings. The smallest absolute Gasteiger partial charge is 0.188 e. The molecule has 4 nitrogen and oxygen atoms in total. The molecule has 3 N–H and O–H groups in total. The van der Waals surface area contributed by atoms with Crippen LogP contribution in [0.2, 0.25) is 0 Å². The highest BCUT2D eigenvalue weighted by molar-refractivity contribution is 5.79. The first-order valence-corrected chi connectivity index (χ1v) is 7.63. The average molecular weight is 272 g/mol. The molecule has 2 fully saturated rings. The van der Waals surface area contributed by atoms with Gasteiger partial charge in [-0.1, -0.05) is 30.3 Å². The number of benzene rings is 1. The molecule has 1 aromatic carbocycles. The maximum absolute atomic E-state index is 7.63. The van der Waals surface area contributed by atoms with Crippen LogP contribution in [0.4, 0.5) is 0 Å². The highest BCUT2D eigenvalue weighted by Crippen LogP contribution is 2.24. The predicted molar refractivity (Wildman–Crippen MR) is 82.0 cm³/mol. The molecule has 0 atom stereocenters. The third-order valence-corrected chi connectivity index (χ3v) is 4.59. The first kappa shape index (κ1) is 13.4. The molecule has 0 bridgehead atoms. The first-order chi connectivity index (χ1) is 9.76. The Labute approximate surface area is 121 Å². The maximum Gasteiger partial charge on any atom is 0.188 e. The minimum Gasteiger partial charge on any atom is -0.354 e. The fourth-order valence-corrected chi connectivity index (χ4v) is 3.27. The van der Waals surface area contributed by atoms with Crippen molar-refractivity contribution in [3.63, 3.8) is 0 Å². The molecule has 2 aliphatic rings. The zero-order valence-electron chi connectivity index (χ0n) is 12.0. The number of aryl methyl sites for hydroxylation is 1. The van der Waals surface area contributed by atoms with Gasteiger partial charge in [-0.15, -0.1) is 0 Å². The summed E-state index contributed by atoms with van der Waals surface area (Å²) in [6, 6.07) is 10.7. The summed E-state index contributed by atoms with van der Waals surface area (Å²) in [5.74, 6) is 0.502. The standard InChI is InChI=1S/C16H24N4/c17-15-18-13-16(19-15)8-11-20(12-9-16)10-4-7-14-5-2-1-3-6-14/h1-3,5-6H,4,7-13H2,(H3,17,18,19). The molecule has 108 valence electrons. The zero-order valence-corrected chi connectivity index (χ0v) is 12.0. The van der Waals surface area contributed by atoms with Gasteiger partial charge in [0.2, 0.25) is 0 Å². The second-order valence-corrected chi connectivity index (χ2v) is 6.06. The summed E-state index contributed by atoms with van der Waals surface area (Å²) in [4.78, 5) is 2.57. The number of hydrogen-bond acceptors (Lipinski definition) is 2. The van der Waals surface area contributed by atoms with Crippen LogP contribution in [-0.4, -0.2) is 42.6 Å². The van der Waals surface area contributed by atoms with Gasteiger partial charge in [-0.25, -0.2) is 0 Å². The molecule has 0 radical (unpaired) electrons. The SMILES string of the molecule is N=C1NCC2(CCN(CCCc3ccccc3)CC2)N1. The van der Waals surface area contributed by atoms with Gasteiger partial charge in [0.15, 0.2) is 5.96 Å². The van der Waals surface area contributed by atoms with Crippen molar-refractivity contribution in [1.29, 1.82) is 5.41 Å². The summed E-state index contributed by atoms with van der Waals surface area (Å²) < 4.78 is 0. The van der Waals surface area contributed by atoms with E-state index in [9.17, 15) is 0 Å². The Morgan fingerprint density at radius 2 is 1.90 bits per heavy atom. The number of nitrogens with one attached hydrogen (secondary N) is 3. The van der Waals surface area contributed by atoms with E-state index in [0.29, 0.717) is 5.96 Å². The van der Waals surface area contributed by atoms with Gasteiger partial charge in [-0.05, 0) is 37.8 Å². The van der Waals surface area contributed by atoms with Gasteiger partial charge in [0.05, 0.1) is 5.54 Å². The van der Waals surface area contributed by atoms with E-state index in [4.69, 9.17) is 5.41 Å². The van der Waals surface area contributed by atoms with E-state index in [-0.39, 0.29) is 5.54 Å². The van der Waals surface area contributed by atoms with Crippen LogP contribution >= 0.6 is 0 Å². The molecular weight excluding hydrogens is 248 g/mol. The van der Waals surface area contributed by atoms with Gasteiger partial charge in [-0.3, -0.25) is 5.41 Å². The fraction of sp³-hybridized carbons (Fsp3) is 0.562. The molecule has 0 amide bonds. The number of likely N-dealkylation sites (tertiary alicyclic amines) is 1.